The van der Waals surface area contributed by atoms with Gasteiger partial charge < -0.3 is 9.80 Å². The van der Waals surface area contributed by atoms with E-state index in [1.54, 1.807) is 0 Å². The topological polar surface area (TPSA) is 23.6 Å². The summed E-state index contributed by atoms with van der Waals surface area (Å²) in [6.45, 7) is 1.76. The zero-order valence-corrected chi connectivity index (χ0v) is 11.9. The van der Waals surface area contributed by atoms with Crippen LogP contribution in [0.2, 0.25) is 0 Å². The third-order valence-corrected chi connectivity index (χ3v) is 4.49. The van der Waals surface area contributed by atoms with Gasteiger partial charge in [-0.15, -0.1) is 0 Å². The first-order valence-corrected chi connectivity index (χ1v) is 7.55. The van der Waals surface area contributed by atoms with Crippen LogP contribution in [-0.4, -0.2) is 25.0 Å². The van der Waals surface area contributed by atoms with E-state index in [0.717, 1.165) is 31.6 Å². The van der Waals surface area contributed by atoms with E-state index in [2.05, 4.69) is 29.2 Å². The van der Waals surface area contributed by atoms with Crippen LogP contribution in [0.4, 0.5) is 11.4 Å². The minimum absolute atomic E-state index is 0.0369. The summed E-state index contributed by atoms with van der Waals surface area (Å²) in [5, 5.41) is 0. The number of fused-ring (bicyclic) bond motifs is 3. The van der Waals surface area contributed by atoms with Crippen LogP contribution in [-0.2, 0) is 11.2 Å². The van der Waals surface area contributed by atoms with Crippen molar-refractivity contribution < 1.29 is 4.79 Å². The van der Waals surface area contributed by atoms with E-state index in [0.29, 0.717) is 0 Å². The third kappa shape index (κ3) is 2.00. The molecule has 1 amide bonds. The van der Waals surface area contributed by atoms with E-state index in [4.69, 9.17) is 0 Å². The molecule has 2 aromatic rings. The van der Waals surface area contributed by atoms with E-state index < -0.39 is 0 Å². The number of carbonyl (C=O) groups excluding carboxylic acids is 1. The van der Waals surface area contributed by atoms with E-state index in [9.17, 15) is 4.79 Å². The molecule has 2 heterocycles. The van der Waals surface area contributed by atoms with Gasteiger partial charge in [-0.2, -0.15) is 0 Å². The maximum atomic E-state index is 13.0. The highest BCUT2D eigenvalue weighted by atomic mass is 16.2. The van der Waals surface area contributed by atoms with Gasteiger partial charge >= 0.3 is 0 Å². The van der Waals surface area contributed by atoms with Crippen molar-refractivity contribution in [1.82, 2.24) is 0 Å². The Balaban J connectivity index is 1.69. The molecule has 2 aliphatic rings. The van der Waals surface area contributed by atoms with Crippen LogP contribution in [0.25, 0.3) is 0 Å². The predicted molar refractivity (Wildman–Crippen MR) is 84.7 cm³/mol. The molecule has 3 heteroatoms. The molecule has 0 saturated carbocycles. The number of para-hydroxylation sites is 2. The lowest BCUT2D eigenvalue weighted by Crippen LogP contribution is -2.44. The van der Waals surface area contributed by atoms with Gasteiger partial charge in [-0.1, -0.05) is 36.4 Å². The molecule has 0 N–H and O–H groups in total. The molecule has 0 bridgehead atoms. The number of amides is 1. The van der Waals surface area contributed by atoms with Crippen molar-refractivity contribution >= 4 is 17.3 Å². The first kappa shape index (κ1) is 12.5. The molecular formula is C18H18N2O. The first-order chi connectivity index (χ1) is 10.3. The summed E-state index contributed by atoms with van der Waals surface area (Å²) in [5.41, 5.74) is 3.55. The Kier molecular flexibility index (Phi) is 2.92. The third-order valence-electron chi connectivity index (χ3n) is 4.49. The molecule has 0 aromatic heterocycles. The fraction of sp³-hybridized carbons (Fsp3) is 0.278. The van der Waals surface area contributed by atoms with Crippen LogP contribution >= 0.6 is 0 Å². The normalized spacial score (nSPS) is 21.0. The molecule has 2 aromatic carbocycles. The minimum Gasteiger partial charge on any atom is -0.359 e. The van der Waals surface area contributed by atoms with Crippen molar-refractivity contribution in [2.75, 3.05) is 22.9 Å². The Bertz CT molecular complexity index is 668. The molecule has 0 aliphatic carbocycles. The molecule has 0 spiro atoms. The highest BCUT2D eigenvalue weighted by molar-refractivity contribution is 6.00. The van der Waals surface area contributed by atoms with Crippen molar-refractivity contribution in [2.24, 2.45) is 0 Å². The van der Waals surface area contributed by atoms with Gasteiger partial charge in [-0.05, 0) is 30.2 Å². The quantitative estimate of drug-likeness (QED) is 0.801. The van der Waals surface area contributed by atoms with Gasteiger partial charge in [0.15, 0.2) is 0 Å². The highest BCUT2D eigenvalue weighted by Crippen LogP contribution is 2.35. The van der Waals surface area contributed by atoms with Gasteiger partial charge in [-0.3, -0.25) is 4.79 Å². The van der Waals surface area contributed by atoms with Gasteiger partial charge in [0.05, 0.1) is 0 Å². The van der Waals surface area contributed by atoms with Crippen molar-refractivity contribution in [1.29, 1.82) is 0 Å². The summed E-state index contributed by atoms with van der Waals surface area (Å²) >= 11 is 0. The number of rotatable bonds is 1. The molecule has 1 saturated heterocycles. The summed E-state index contributed by atoms with van der Waals surface area (Å²) in [6.07, 6.45) is 1.84. The molecule has 1 fully saturated rings. The van der Waals surface area contributed by atoms with Crippen molar-refractivity contribution in [3.05, 3.63) is 60.2 Å². The van der Waals surface area contributed by atoms with Crippen LogP contribution in [0.15, 0.2) is 54.6 Å². The Morgan fingerprint density at radius 2 is 1.67 bits per heavy atom. The molecule has 1 unspecified atom stereocenters. The van der Waals surface area contributed by atoms with Crippen LogP contribution in [0.1, 0.15) is 12.0 Å². The van der Waals surface area contributed by atoms with Crippen LogP contribution in [0.3, 0.4) is 0 Å². The predicted octanol–water partition coefficient (Wildman–Crippen LogP) is 2.85. The number of benzene rings is 2. The van der Waals surface area contributed by atoms with Gasteiger partial charge in [0.1, 0.15) is 6.04 Å². The number of carbonyl (C=O) groups is 1. The second-order valence-electron chi connectivity index (χ2n) is 5.72. The Morgan fingerprint density at radius 3 is 2.52 bits per heavy atom. The molecule has 1 atom stereocenters. The molecular weight excluding hydrogens is 260 g/mol. The number of nitrogens with zero attached hydrogens (tertiary/aromatic N) is 2. The summed E-state index contributed by atoms with van der Waals surface area (Å²) in [5.74, 6) is 0.231. The molecule has 3 nitrogen and oxygen atoms in total. The zero-order valence-electron chi connectivity index (χ0n) is 11.9. The second-order valence-corrected chi connectivity index (χ2v) is 5.72. The fourth-order valence-electron chi connectivity index (χ4n) is 3.50. The average molecular weight is 278 g/mol. The number of hydrogen-bond donors (Lipinski definition) is 0. The number of anilines is 2. The summed E-state index contributed by atoms with van der Waals surface area (Å²) < 4.78 is 0. The van der Waals surface area contributed by atoms with Crippen LogP contribution in [0.5, 0.6) is 0 Å². The first-order valence-electron chi connectivity index (χ1n) is 7.55. The van der Waals surface area contributed by atoms with E-state index in [1.165, 1.54) is 11.3 Å². The van der Waals surface area contributed by atoms with Crippen molar-refractivity contribution in [3.8, 4) is 0 Å². The highest BCUT2D eigenvalue weighted by Gasteiger charge is 2.38. The summed E-state index contributed by atoms with van der Waals surface area (Å²) in [6, 6.07) is 18.4. The van der Waals surface area contributed by atoms with Gasteiger partial charge in [-0.25, -0.2) is 0 Å². The molecule has 106 valence electrons. The largest absolute Gasteiger partial charge is 0.359 e. The maximum absolute atomic E-state index is 13.0. The average Bonchev–Trinajstić information content (AvgIpc) is 2.83. The lowest BCUT2D eigenvalue weighted by molar-refractivity contribution is -0.119. The maximum Gasteiger partial charge on any atom is 0.250 e. The van der Waals surface area contributed by atoms with Gasteiger partial charge in [0.25, 0.3) is 0 Å². The van der Waals surface area contributed by atoms with E-state index in [1.807, 2.05) is 35.2 Å². The Labute approximate surface area is 124 Å². The van der Waals surface area contributed by atoms with E-state index >= 15 is 0 Å². The van der Waals surface area contributed by atoms with Gasteiger partial charge in [0.2, 0.25) is 5.91 Å². The molecule has 2 aliphatic heterocycles. The lowest BCUT2D eigenvalue weighted by Gasteiger charge is -2.26. The standard InChI is InChI=1S/C18H18N2O/c21-18-17-13-14-7-4-5-10-16(14)20(17)12-6-11-19(18)15-8-2-1-3-9-15/h1-5,7-10,17H,6,11-13H2. The summed E-state index contributed by atoms with van der Waals surface area (Å²) in [7, 11) is 0. The zero-order chi connectivity index (χ0) is 14.2. The van der Waals surface area contributed by atoms with Gasteiger partial charge in [0, 0.05) is 30.9 Å². The smallest absolute Gasteiger partial charge is 0.250 e. The molecule has 0 radical (unpaired) electrons. The fourth-order valence-corrected chi connectivity index (χ4v) is 3.50. The van der Waals surface area contributed by atoms with Crippen molar-refractivity contribution in [3.63, 3.8) is 0 Å². The second kappa shape index (κ2) is 4.92. The summed E-state index contributed by atoms with van der Waals surface area (Å²) in [4.78, 5) is 17.2. The van der Waals surface area contributed by atoms with Crippen LogP contribution < -0.4 is 9.80 Å². The van der Waals surface area contributed by atoms with Crippen molar-refractivity contribution in [2.45, 2.75) is 18.9 Å². The minimum atomic E-state index is -0.0369. The molecule has 21 heavy (non-hydrogen) atoms. The lowest BCUT2D eigenvalue weighted by atomic mass is 10.1. The SMILES string of the molecule is O=C1C2Cc3ccccc3N2CCCN1c1ccccc1. The Morgan fingerprint density at radius 1 is 0.905 bits per heavy atom. The molecule has 4 rings (SSSR count). The Hall–Kier alpha value is -2.29. The van der Waals surface area contributed by atoms with E-state index in [-0.39, 0.29) is 11.9 Å². The van der Waals surface area contributed by atoms with Crippen LogP contribution in [0, 0.1) is 0 Å². The number of hydrogen-bond acceptors (Lipinski definition) is 2. The monoisotopic (exact) mass is 278 g/mol.